The maximum atomic E-state index is 12.8. The molecule has 7 nitrogen and oxygen atoms in total. The highest BCUT2D eigenvalue weighted by atomic mass is 16.5. The minimum absolute atomic E-state index is 0.0217. The van der Waals surface area contributed by atoms with E-state index >= 15 is 0 Å². The molecular formula is C25H26N2O5. The third-order valence-corrected chi connectivity index (χ3v) is 7.07. The number of carboxylic acid groups (broad SMARTS) is 1. The van der Waals surface area contributed by atoms with Crippen LogP contribution in [0.2, 0.25) is 0 Å². The maximum absolute atomic E-state index is 12.8. The number of alkyl carbamates (subject to hydrolysis) is 1. The summed E-state index contributed by atoms with van der Waals surface area (Å²) >= 11 is 0. The Hall–Kier alpha value is -3.35. The molecule has 0 spiro atoms. The quantitative estimate of drug-likeness (QED) is 0.752. The number of fused-ring (bicyclic) bond motifs is 3. The zero-order chi connectivity index (χ0) is 22.2. The SMILES string of the molecule is O=C(N[C@H]1CCC[C@H]1C(=O)N1CCC1C(=O)O)OCC1c2ccccc2-c2ccccc21. The Morgan fingerprint density at radius 2 is 1.62 bits per heavy atom. The Labute approximate surface area is 186 Å². The number of carboxylic acids is 1. The molecule has 0 bridgehead atoms. The average Bonchev–Trinajstić information content (AvgIpc) is 3.33. The number of carbonyl (C=O) groups excluding carboxylic acids is 2. The number of aliphatic carboxylic acids is 1. The first kappa shape index (κ1) is 20.5. The number of ether oxygens (including phenoxy) is 1. The van der Waals surface area contributed by atoms with Crippen molar-refractivity contribution < 1.29 is 24.2 Å². The van der Waals surface area contributed by atoms with Gasteiger partial charge in [-0.2, -0.15) is 0 Å². The minimum atomic E-state index is -0.969. The van der Waals surface area contributed by atoms with E-state index in [1.54, 1.807) is 0 Å². The molecule has 2 aliphatic carbocycles. The molecule has 2 amide bonds. The maximum Gasteiger partial charge on any atom is 0.407 e. The van der Waals surface area contributed by atoms with Crippen LogP contribution in [0.15, 0.2) is 48.5 Å². The van der Waals surface area contributed by atoms with Crippen LogP contribution < -0.4 is 5.32 Å². The van der Waals surface area contributed by atoms with Crippen molar-refractivity contribution in [2.75, 3.05) is 13.2 Å². The van der Waals surface area contributed by atoms with E-state index in [0.29, 0.717) is 25.8 Å². The van der Waals surface area contributed by atoms with Gasteiger partial charge >= 0.3 is 12.1 Å². The normalized spacial score (nSPS) is 23.8. The number of benzene rings is 2. The zero-order valence-electron chi connectivity index (χ0n) is 17.7. The molecule has 0 radical (unpaired) electrons. The van der Waals surface area contributed by atoms with Gasteiger partial charge in [0.05, 0.1) is 5.92 Å². The van der Waals surface area contributed by atoms with Gasteiger partial charge < -0.3 is 20.1 Å². The molecule has 2 N–H and O–H groups in total. The Morgan fingerprint density at radius 3 is 2.22 bits per heavy atom. The van der Waals surface area contributed by atoms with Gasteiger partial charge in [-0.05, 0) is 41.5 Å². The highest BCUT2D eigenvalue weighted by molar-refractivity contribution is 5.87. The van der Waals surface area contributed by atoms with Gasteiger partial charge in [0, 0.05) is 18.5 Å². The molecule has 2 aromatic rings. The molecule has 0 aromatic heterocycles. The third-order valence-electron chi connectivity index (χ3n) is 7.07. The first-order valence-corrected chi connectivity index (χ1v) is 11.2. The molecule has 166 valence electrons. The molecular weight excluding hydrogens is 408 g/mol. The van der Waals surface area contributed by atoms with E-state index < -0.39 is 24.0 Å². The number of rotatable bonds is 5. The topological polar surface area (TPSA) is 95.9 Å². The number of hydrogen-bond acceptors (Lipinski definition) is 4. The van der Waals surface area contributed by atoms with Gasteiger partial charge in [0.2, 0.25) is 5.91 Å². The number of hydrogen-bond donors (Lipinski definition) is 2. The van der Waals surface area contributed by atoms with E-state index in [1.165, 1.54) is 16.0 Å². The second-order valence-electron chi connectivity index (χ2n) is 8.79. The fourth-order valence-corrected chi connectivity index (χ4v) is 5.34. The summed E-state index contributed by atoms with van der Waals surface area (Å²) in [4.78, 5) is 38.2. The van der Waals surface area contributed by atoms with Crippen molar-refractivity contribution in [1.29, 1.82) is 0 Å². The van der Waals surface area contributed by atoms with E-state index in [2.05, 4.69) is 29.6 Å². The van der Waals surface area contributed by atoms with Crippen molar-refractivity contribution in [2.24, 2.45) is 5.92 Å². The lowest BCUT2D eigenvalue weighted by Crippen LogP contribution is -2.58. The molecule has 32 heavy (non-hydrogen) atoms. The monoisotopic (exact) mass is 434 g/mol. The molecule has 2 fully saturated rings. The number of carbonyl (C=O) groups is 3. The number of likely N-dealkylation sites (tertiary alicyclic amines) is 1. The van der Waals surface area contributed by atoms with Crippen molar-refractivity contribution in [2.45, 2.75) is 43.7 Å². The molecule has 1 saturated carbocycles. The number of nitrogens with one attached hydrogen (secondary N) is 1. The molecule has 3 atom stereocenters. The second kappa shape index (κ2) is 8.30. The predicted octanol–water partition coefficient (Wildman–Crippen LogP) is 3.38. The van der Waals surface area contributed by atoms with Crippen molar-refractivity contribution >= 4 is 18.0 Å². The molecule has 1 aliphatic heterocycles. The third kappa shape index (κ3) is 3.51. The lowest BCUT2D eigenvalue weighted by Gasteiger charge is -2.40. The van der Waals surface area contributed by atoms with Crippen LogP contribution in [-0.2, 0) is 14.3 Å². The molecule has 7 heteroatoms. The van der Waals surface area contributed by atoms with Crippen molar-refractivity contribution in [3.05, 3.63) is 59.7 Å². The summed E-state index contributed by atoms with van der Waals surface area (Å²) in [7, 11) is 0. The Balaban J connectivity index is 1.22. The fourth-order valence-electron chi connectivity index (χ4n) is 5.34. The summed E-state index contributed by atoms with van der Waals surface area (Å²) in [6.45, 7) is 0.683. The highest BCUT2D eigenvalue weighted by Crippen LogP contribution is 2.44. The summed E-state index contributed by atoms with van der Waals surface area (Å²) in [5, 5.41) is 12.1. The summed E-state index contributed by atoms with van der Waals surface area (Å²) in [5.74, 6) is -1.56. The molecule has 1 unspecified atom stereocenters. The molecule has 2 aromatic carbocycles. The highest BCUT2D eigenvalue weighted by Gasteiger charge is 2.44. The lowest BCUT2D eigenvalue weighted by atomic mass is 9.95. The van der Waals surface area contributed by atoms with Gasteiger partial charge in [-0.25, -0.2) is 9.59 Å². The van der Waals surface area contributed by atoms with Gasteiger partial charge in [-0.15, -0.1) is 0 Å². The van der Waals surface area contributed by atoms with Crippen LogP contribution in [0.25, 0.3) is 11.1 Å². The van der Waals surface area contributed by atoms with Crippen molar-refractivity contribution in [1.82, 2.24) is 10.2 Å². The van der Waals surface area contributed by atoms with E-state index in [1.807, 2.05) is 24.3 Å². The predicted molar refractivity (Wildman–Crippen MR) is 117 cm³/mol. The summed E-state index contributed by atoms with van der Waals surface area (Å²) in [6, 6.07) is 15.3. The zero-order valence-corrected chi connectivity index (χ0v) is 17.7. The van der Waals surface area contributed by atoms with E-state index in [9.17, 15) is 19.5 Å². The summed E-state index contributed by atoms with van der Waals surface area (Å²) in [5.41, 5.74) is 4.63. The Morgan fingerprint density at radius 1 is 0.969 bits per heavy atom. The largest absolute Gasteiger partial charge is 0.480 e. The lowest BCUT2D eigenvalue weighted by molar-refractivity contribution is -0.159. The Kier molecular flexibility index (Phi) is 5.33. The first-order chi connectivity index (χ1) is 15.5. The summed E-state index contributed by atoms with van der Waals surface area (Å²) in [6.07, 6.45) is 2.10. The van der Waals surface area contributed by atoms with Crippen LogP contribution >= 0.6 is 0 Å². The first-order valence-electron chi connectivity index (χ1n) is 11.2. The van der Waals surface area contributed by atoms with Crippen LogP contribution in [0.3, 0.4) is 0 Å². The van der Waals surface area contributed by atoms with Crippen LogP contribution in [0, 0.1) is 5.92 Å². The van der Waals surface area contributed by atoms with E-state index in [4.69, 9.17) is 4.74 Å². The average molecular weight is 434 g/mol. The molecule has 3 aliphatic rings. The second-order valence-corrected chi connectivity index (χ2v) is 8.79. The minimum Gasteiger partial charge on any atom is -0.480 e. The molecule has 1 heterocycles. The number of nitrogens with zero attached hydrogens (tertiary/aromatic N) is 1. The van der Waals surface area contributed by atoms with Gasteiger partial charge in [-0.1, -0.05) is 55.0 Å². The number of amides is 2. The van der Waals surface area contributed by atoms with Crippen molar-refractivity contribution in [3.8, 4) is 11.1 Å². The van der Waals surface area contributed by atoms with Gasteiger partial charge in [0.25, 0.3) is 0 Å². The van der Waals surface area contributed by atoms with E-state index in [0.717, 1.165) is 17.5 Å². The molecule has 1 saturated heterocycles. The fraction of sp³-hybridized carbons (Fsp3) is 0.400. The Bertz CT molecular complexity index is 1020. The van der Waals surface area contributed by atoms with E-state index in [-0.39, 0.29) is 24.5 Å². The van der Waals surface area contributed by atoms with Crippen LogP contribution in [-0.4, -0.2) is 53.2 Å². The van der Waals surface area contributed by atoms with Gasteiger partial charge in [0.1, 0.15) is 12.6 Å². The smallest absolute Gasteiger partial charge is 0.407 e. The van der Waals surface area contributed by atoms with Crippen LogP contribution in [0.5, 0.6) is 0 Å². The summed E-state index contributed by atoms with van der Waals surface area (Å²) < 4.78 is 5.62. The van der Waals surface area contributed by atoms with Crippen LogP contribution in [0.4, 0.5) is 4.79 Å². The van der Waals surface area contributed by atoms with Crippen LogP contribution in [0.1, 0.15) is 42.7 Å². The van der Waals surface area contributed by atoms with Gasteiger partial charge in [-0.3, -0.25) is 4.79 Å². The van der Waals surface area contributed by atoms with Crippen molar-refractivity contribution in [3.63, 3.8) is 0 Å². The standard InChI is InChI=1S/C25H26N2O5/c28-23(27-13-12-22(27)24(29)30)19-10-5-11-21(19)26-25(31)32-14-20-17-8-3-1-6-15(17)16-7-2-4-9-18(16)20/h1-4,6-9,19-22H,5,10-14H2,(H,26,31)(H,29,30)/t19-,21+,22?/m1/s1. The van der Waals surface area contributed by atoms with Gasteiger partial charge in [0.15, 0.2) is 0 Å². The molecule has 5 rings (SSSR count).